The maximum absolute atomic E-state index is 13.0. The van der Waals surface area contributed by atoms with Crippen LogP contribution < -0.4 is 15.5 Å². The molecular weight excluding hydrogens is 354 g/mol. The van der Waals surface area contributed by atoms with E-state index in [1.54, 1.807) is 18.2 Å². The van der Waals surface area contributed by atoms with Crippen LogP contribution in [0, 0.1) is 0 Å². The Bertz CT molecular complexity index is 1070. The van der Waals surface area contributed by atoms with Crippen molar-refractivity contribution in [3.63, 3.8) is 0 Å². The number of rotatable bonds is 4. The lowest BCUT2D eigenvalue weighted by Crippen LogP contribution is -2.22. The van der Waals surface area contributed by atoms with Crippen molar-refractivity contribution in [2.45, 2.75) is 19.4 Å². The molecule has 0 radical (unpaired) electrons. The van der Waals surface area contributed by atoms with Crippen LogP contribution in [0.4, 0.5) is 0 Å². The smallest absolute Gasteiger partial charge is 0.288 e. The standard InChI is InChI=1S/C20H16ClNO4/c1-2-8-25-13-5-3-4-11(9-13)17-16-18(23)14-10-12(21)6-7-15(14)26-19(16)20(24)22-17/h3-7,9-10,17H,2,8H2,1H3,(H,22,24). The zero-order valence-corrected chi connectivity index (χ0v) is 14.8. The lowest BCUT2D eigenvalue weighted by atomic mass is 9.99. The Morgan fingerprint density at radius 1 is 1.19 bits per heavy atom. The van der Waals surface area contributed by atoms with E-state index < -0.39 is 11.9 Å². The Morgan fingerprint density at radius 3 is 2.85 bits per heavy atom. The van der Waals surface area contributed by atoms with E-state index in [1.165, 1.54) is 0 Å². The van der Waals surface area contributed by atoms with Crippen molar-refractivity contribution in [2.24, 2.45) is 0 Å². The molecule has 2 aromatic carbocycles. The summed E-state index contributed by atoms with van der Waals surface area (Å²) in [6.45, 7) is 2.63. The first-order valence-electron chi connectivity index (χ1n) is 8.38. The topological polar surface area (TPSA) is 68.5 Å². The summed E-state index contributed by atoms with van der Waals surface area (Å²) in [5.41, 5.74) is 1.15. The molecule has 0 aliphatic carbocycles. The summed E-state index contributed by atoms with van der Waals surface area (Å²) in [6.07, 6.45) is 0.892. The van der Waals surface area contributed by atoms with Crippen molar-refractivity contribution >= 4 is 28.5 Å². The summed E-state index contributed by atoms with van der Waals surface area (Å²) in [7, 11) is 0. The summed E-state index contributed by atoms with van der Waals surface area (Å²) in [5, 5.41) is 3.62. The third-order valence-corrected chi connectivity index (χ3v) is 4.56. The van der Waals surface area contributed by atoms with Crippen LogP contribution in [0.15, 0.2) is 51.7 Å². The lowest BCUT2D eigenvalue weighted by molar-refractivity contribution is 0.0938. The van der Waals surface area contributed by atoms with Gasteiger partial charge in [-0.15, -0.1) is 0 Å². The van der Waals surface area contributed by atoms with Gasteiger partial charge < -0.3 is 14.5 Å². The second-order valence-electron chi connectivity index (χ2n) is 6.14. The summed E-state index contributed by atoms with van der Waals surface area (Å²) in [5.74, 6) is 0.341. The van der Waals surface area contributed by atoms with E-state index in [-0.39, 0.29) is 11.2 Å². The van der Waals surface area contributed by atoms with Gasteiger partial charge >= 0.3 is 0 Å². The van der Waals surface area contributed by atoms with Gasteiger partial charge in [-0.3, -0.25) is 9.59 Å². The molecule has 6 heteroatoms. The molecule has 0 spiro atoms. The minimum atomic E-state index is -0.581. The fraction of sp³-hybridized carbons (Fsp3) is 0.200. The summed E-state index contributed by atoms with van der Waals surface area (Å²) in [4.78, 5) is 25.4. The molecule has 1 aliphatic heterocycles. The number of halogens is 1. The third kappa shape index (κ3) is 2.74. The maximum Gasteiger partial charge on any atom is 0.288 e. The summed E-state index contributed by atoms with van der Waals surface area (Å²) < 4.78 is 11.4. The second-order valence-corrected chi connectivity index (χ2v) is 6.58. The predicted octanol–water partition coefficient (Wildman–Crippen LogP) is 4.07. The van der Waals surface area contributed by atoms with E-state index in [4.69, 9.17) is 20.8 Å². The normalized spacial score (nSPS) is 15.8. The molecule has 0 saturated heterocycles. The lowest BCUT2D eigenvalue weighted by Gasteiger charge is -2.13. The van der Waals surface area contributed by atoms with Crippen LogP contribution >= 0.6 is 11.6 Å². The fourth-order valence-electron chi connectivity index (χ4n) is 3.14. The highest BCUT2D eigenvalue weighted by atomic mass is 35.5. The van der Waals surface area contributed by atoms with Crippen LogP contribution in [0.3, 0.4) is 0 Å². The number of benzene rings is 2. The molecule has 0 bridgehead atoms. The van der Waals surface area contributed by atoms with Crippen molar-refractivity contribution in [1.82, 2.24) is 5.32 Å². The van der Waals surface area contributed by atoms with Crippen molar-refractivity contribution in [3.8, 4) is 5.75 Å². The van der Waals surface area contributed by atoms with Crippen molar-refractivity contribution in [2.75, 3.05) is 6.61 Å². The van der Waals surface area contributed by atoms with Crippen molar-refractivity contribution < 1.29 is 13.9 Å². The minimum absolute atomic E-state index is 0.0507. The maximum atomic E-state index is 13.0. The van der Waals surface area contributed by atoms with Crippen LogP contribution in [0.25, 0.3) is 11.0 Å². The largest absolute Gasteiger partial charge is 0.494 e. The van der Waals surface area contributed by atoms with Gasteiger partial charge in [0.15, 0.2) is 5.43 Å². The highest BCUT2D eigenvalue weighted by molar-refractivity contribution is 6.31. The van der Waals surface area contributed by atoms with Crippen LogP contribution in [0.5, 0.6) is 5.75 Å². The van der Waals surface area contributed by atoms with Gasteiger partial charge in [-0.05, 0) is 42.3 Å². The van der Waals surface area contributed by atoms with Crippen molar-refractivity contribution in [1.29, 1.82) is 0 Å². The summed E-state index contributed by atoms with van der Waals surface area (Å²) in [6, 6.07) is 11.6. The van der Waals surface area contributed by atoms with Gasteiger partial charge in [0.05, 0.1) is 23.6 Å². The summed E-state index contributed by atoms with van der Waals surface area (Å²) >= 11 is 6.01. The van der Waals surface area contributed by atoms with Crippen LogP contribution in [-0.2, 0) is 0 Å². The van der Waals surface area contributed by atoms with Gasteiger partial charge in [-0.1, -0.05) is 30.7 Å². The van der Waals surface area contributed by atoms with Crippen LogP contribution in [0.2, 0.25) is 5.02 Å². The van der Waals surface area contributed by atoms with Crippen LogP contribution in [0.1, 0.15) is 41.1 Å². The average molecular weight is 370 g/mol. The molecule has 1 unspecified atom stereocenters. The zero-order valence-electron chi connectivity index (χ0n) is 14.0. The second kappa shape index (κ2) is 6.50. The average Bonchev–Trinajstić information content (AvgIpc) is 2.98. The monoisotopic (exact) mass is 369 g/mol. The molecule has 26 heavy (non-hydrogen) atoms. The van der Waals surface area contributed by atoms with E-state index in [1.807, 2.05) is 31.2 Å². The Morgan fingerprint density at radius 2 is 2.04 bits per heavy atom. The molecule has 132 valence electrons. The molecule has 2 heterocycles. The fourth-order valence-corrected chi connectivity index (χ4v) is 3.31. The number of hydrogen-bond acceptors (Lipinski definition) is 4. The van der Waals surface area contributed by atoms with Gasteiger partial charge in [0.25, 0.3) is 5.91 Å². The number of hydrogen-bond donors (Lipinski definition) is 1. The molecule has 1 N–H and O–H groups in total. The number of carbonyl (C=O) groups excluding carboxylic acids is 1. The molecule has 1 aliphatic rings. The molecule has 1 aromatic heterocycles. The van der Waals surface area contributed by atoms with Gasteiger partial charge in [0.2, 0.25) is 5.76 Å². The Labute approximate surface area is 154 Å². The van der Waals surface area contributed by atoms with E-state index in [9.17, 15) is 9.59 Å². The van der Waals surface area contributed by atoms with E-state index in [2.05, 4.69) is 5.32 Å². The Kier molecular flexibility index (Phi) is 4.17. The van der Waals surface area contributed by atoms with E-state index >= 15 is 0 Å². The van der Waals surface area contributed by atoms with Gasteiger partial charge in [-0.2, -0.15) is 0 Å². The third-order valence-electron chi connectivity index (χ3n) is 4.32. The quantitative estimate of drug-likeness (QED) is 0.752. The van der Waals surface area contributed by atoms with Gasteiger partial charge in [0, 0.05) is 5.02 Å². The van der Waals surface area contributed by atoms with Gasteiger partial charge in [0.1, 0.15) is 11.3 Å². The highest BCUT2D eigenvalue weighted by Gasteiger charge is 2.36. The molecular formula is C20H16ClNO4. The molecule has 0 saturated carbocycles. The number of nitrogens with one attached hydrogen (secondary N) is 1. The molecule has 5 nitrogen and oxygen atoms in total. The number of amides is 1. The van der Waals surface area contributed by atoms with Crippen LogP contribution in [-0.4, -0.2) is 12.5 Å². The highest BCUT2D eigenvalue weighted by Crippen LogP contribution is 2.32. The molecule has 4 rings (SSSR count). The first kappa shape index (κ1) is 16.7. The zero-order chi connectivity index (χ0) is 18.3. The minimum Gasteiger partial charge on any atom is -0.494 e. The molecule has 1 amide bonds. The number of fused-ring (bicyclic) bond motifs is 2. The molecule has 1 atom stereocenters. The van der Waals surface area contributed by atoms with E-state index in [0.29, 0.717) is 33.9 Å². The SMILES string of the molecule is CCCOc1cccc(C2NC(=O)c3oc4ccc(Cl)cc4c(=O)c32)c1. The van der Waals surface area contributed by atoms with Gasteiger partial charge in [-0.25, -0.2) is 0 Å². The number of ether oxygens (including phenoxy) is 1. The molecule has 3 aromatic rings. The Hall–Kier alpha value is -2.79. The predicted molar refractivity (Wildman–Crippen MR) is 99.0 cm³/mol. The van der Waals surface area contributed by atoms with Crippen molar-refractivity contribution in [3.05, 3.63) is 74.6 Å². The molecule has 0 fully saturated rings. The number of carbonyl (C=O) groups is 1. The first-order valence-corrected chi connectivity index (χ1v) is 8.76. The Balaban J connectivity index is 1.86. The first-order chi connectivity index (χ1) is 12.6. The van der Waals surface area contributed by atoms with E-state index in [0.717, 1.165) is 12.0 Å².